The van der Waals surface area contributed by atoms with Crippen LogP contribution in [0.4, 0.5) is 0 Å². The smallest absolute Gasteiger partial charge is 0.310 e. The van der Waals surface area contributed by atoms with Crippen LogP contribution in [0.3, 0.4) is 0 Å². The summed E-state index contributed by atoms with van der Waals surface area (Å²) in [5.41, 5.74) is 1.90. The van der Waals surface area contributed by atoms with Crippen LogP contribution in [-0.4, -0.2) is 52.7 Å². The number of nitrogens with zero attached hydrogens (tertiary/aromatic N) is 1. The highest BCUT2D eigenvalue weighted by Gasteiger charge is 2.36. The maximum Gasteiger partial charge on any atom is 0.310 e. The van der Waals surface area contributed by atoms with Gasteiger partial charge in [-0.1, -0.05) is 25.1 Å². The van der Waals surface area contributed by atoms with E-state index in [2.05, 4.69) is 4.98 Å². The highest BCUT2D eigenvalue weighted by molar-refractivity contribution is 6.02. The number of hydrogen-bond acceptors (Lipinski definition) is 4. The lowest BCUT2D eigenvalue weighted by molar-refractivity contribution is -0.142. The van der Waals surface area contributed by atoms with Gasteiger partial charge in [-0.3, -0.25) is 9.59 Å². The van der Waals surface area contributed by atoms with Gasteiger partial charge in [-0.05, 0) is 25.3 Å². The number of H-pyrrole nitrogens is 1. The summed E-state index contributed by atoms with van der Waals surface area (Å²) in [6.45, 7) is 4.66. The van der Waals surface area contributed by atoms with Gasteiger partial charge in [0.25, 0.3) is 5.91 Å². The Hall–Kier alpha value is -2.34. The van der Waals surface area contributed by atoms with Crippen LogP contribution in [0.25, 0.3) is 10.9 Å². The molecular formula is C19H24N2O4. The molecule has 134 valence electrons. The number of aromatic nitrogens is 1. The quantitative estimate of drug-likeness (QED) is 0.814. The number of aliphatic hydroxyl groups is 1. The molecule has 6 heteroatoms. The molecule has 0 aliphatic carbocycles. The Morgan fingerprint density at radius 3 is 2.84 bits per heavy atom. The van der Waals surface area contributed by atoms with Gasteiger partial charge in [0.05, 0.1) is 25.7 Å². The molecule has 25 heavy (non-hydrogen) atoms. The fraction of sp³-hybridized carbons (Fsp3) is 0.474. The SMILES string of the molecule is CCOC(=O)Cc1c(C(=O)N2CC[C@@H](C)[C@H]2CO)[nH]c2ccccc12. The summed E-state index contributed by atoms with van der Waals surface area (Å²) in [6, 6.07) is 7.36. The molecule has 1 aromatic heterocycles. The topological polar surface area (TPSA) is 82.6 Å². The number of carbonyl (C=O) groups is 2. The molecule has 0 saturated carbocycles. The number of amides is 1. The highest BCUT2D eigenvalue weighted by atomic mass is 16.5. The average Bonchev–Trinajstić information content (AvgIpc) is 3.15. The molecule has 2 atom stereocenters. The van der Waals surface area contributed by atoms with Crippen molar-refractivity contribution in [2.75, 3.05) is 19.8 Å². The standard InChI is InChI=1S/C19H24N2O4/c1-3-25-17(23)10-14-13-6-4-5-7-15(13)20-18(14)19(24)21-9-8-12(2)16(21)11-22/h4-7,12,16,20,22H,3,8-11H2,1-2H3/t12-,16-/m1/s1. The predicted octanol–water partition coefficient (Wildman–Crippen LogP) is 2.12. The van der Waals surface area contributed by atoms with Gasteiger partial charge in [0, 0.05) is 23.0 Å². The lowest BCUT2D eigenvalue weighted by Gasteiger charge is -2.25. The molecule has 0 spiro atoms. The van der Waals surface area contributed by atoms with E-state index >= 15 is 0 Å². The predicted molar refractivity (Wildman–Crippen MR) is 94.3 cm³/mol. The van der Waals surface area contributed by atoms with Crippen molar-refractivity contribution >= 4 is 22.8 Å². The van der Waals surface area contributed by atoms with Crippen molar-refractivity contribution in [1.82, 2.24) is 9.88 Å². The third-order valence-corrected chi connectivity index (χ3v) is 4.98. The number of nitrogens with one attached hydrogen (secondary N) is 1. The number of aliphatic hydroxyl groups excluding tert-OH is 1. The number of likely N-dealkylation sites (tertiary alicyclic amines) is 1. The van der Waals surface area contributed by atoms with Crippen molar-refractivity contribution in [3.05, 3.63) is 35.5 Å². The minimum absolute atomic E-state index is 0.0477. The second-order valence-electron chi connectivity index (χ2n) is 6.52. The molecular weight excluding hydrogens is 320 g/mol. The minimum Gasteiger partial charge on any atom is -0.466 e. The van der Waals surface area contributed by atoms with Crippen molar-refractivity contribution in [1.29, 1.82) is 0 Å². The van der Waals surface area contributed by atoms with Crippen molar-refractivity contribution < 1.29 is 19.4 Å². The number of carbonyl (C=O) groups excluding carboxylic acids is 2. The monoisotopic (exact) mass is 344 g/mol. The first-order valence-corrected chi connectivity index (χ1v) is 8.73. The van der Waals surface area contributed by atoms with Gasteiger partial charge < -0.3 is 19.7 Å². The maximum atomic E-state index is 13.1. The number of para-hydroxylation sites is 1. The molecule has 3 rings (SSSR count). The van der Waals surface area contributed by atoms with Crippen molar-refractivity contribution in [3.8, 4) is 0 Å². The van der Waals surface area contributed by atoms with E-state index in [9.17, 15) is 14.7 Å². The summed E-state index contributed by atoms with van der Waals surface area (Å²) < 4.78 is 5.07. The molecule has 0 bridgehead atoms. The van der Waals surface area contributed by atoms with E-state index in [1.807, 2.05) is 31.2 Å². The number of ether oxygens (including phenoxy) is 1. The largest absolute Gasteiger partial charge is 0.466 e. The lowest BCUT2D eigenvalue weighted by Crippen LogP contribution is -2.40. The van der Waals surface area contributed by atoms with Crippen LogP contribution >= 0.6 is 0 Å². The first-order valence-electron chi connectivity index (χ1n) is 8.73. The van der Waals surface area contributed by atoms with Crippen LogP contribution in [0.2, 0.25) is 0 Å². The van der Waals surface area contributed by atoms with Gasteiger partial charge >= 0.3 is 5.97 Å². The summed E-state index contributed by atoms with van der Waals surface area (Å²) in [5.74, 6) is -0.263. The van der Waals surface area contributed by atoms with Gasteiger partial charge in [-0.25, -0.2) is 0 Å². The molecule has 1 aromatic carbocycles. The number of esters is 1. The van der Waals surface area contributed by atoms with Gasteiger partial charge in [0.1, 0.15) is 5.69 Å². The minimum atomic E-state index is -0.352. The van der Waals surface area contributed by atoms with Gasteiger partial charge in [-0.15, -0.1) is 0 Å². The molecule has 0 radical (unpaired) electrons. The zero-order valence-corrected chi connectivity index (χ0v) is 14.6. The Bertz CT molecular complexity index is 783. The van der Waals surface area contributed by atoms with Crippen molar-refractivity contribution in [3.63, 3.8) is 0 Å². The van der Waals surface area contributed by atoms with Crippen LogP contribution in [0.15, 0.2) is 24.3 Å². The van der Waals surface area contributed by atoms with Crippen molar-refractivity contribution in [2.24, 2.45) is 5.92 Å². The number of aromatic amines is 1. The summed E-state index contributed by atoms with van der Waals surface area (Å²) in [5, 5.41) is 10.5. The maximum absolute atomic E-state index is 13.1. The lowest BCUT2D eigenvalue weighted by atomic mass is 10.0. The molecule has 2 N–H and O–H groups in total. The Morgan fingerprint density at radius 2 is 2.12 bits per heavy atom. The van der Waals surface area contributed by atoms with Gasteiger partial charge in [0.15, 0.2) is 0 Å². The van der Waals surface area contributed by atoms with Crippen LogP contribution in [-0.2, 0) is 16.0 Å². The van der Waals surface area contributed by atoms with E-state index in [4.69, 9.17) is 4.74 Å². The summed E-state index contributed by atoms with van der Waals surface area (Å²) in [6.07, 6.45) is 0.913. The number of benzene rings is 1. The summed E-state index contributed by atoms with van der Waals surface area (Å²) in [4.78, 5) is 30.0. The number of rotatable bonds is 5. The molecule has 2 aromatic rings. The van der Waals surface area contributed by atoms with E-state index in [-0.39, 0.29) is 36.9 Å². The fourth-order valence-corrected chi connectivity index (χ4v) is 3.60. The number of fused-ring (bicyclic) bond motifs is 1. The molecule has 2 heterocycles. The molecule has 1 fully saturated rings. The molecule has 0 unspecified atom stereocenters. The molecule has 1 aliphatic heterocycles. The van der Waals surface area contributed by atoms with Crippen LogP contribution in [0.5, 0.6) is 0 Å². The van der Waals surface area contributed by atoms with Gasteiger partial charge in [0.2, 0.25) is 0 Å². The van der Waals surface area contributed by atoms with E-state index in [0.717, 1.165) is 17.3 Å². The Kier molecular flexibility index (Phi) is 5.08. The zero-order chi connectivity index (χ0) is 18.0. The summed E-state index contributed by atoms with van der Waals surface area (Å²) in [7, 11) is 0. The zero-order valence-electron chi connectivity index (χ0n) is 14.6. The first-order chi connectivity index (χ1) is 12.1. The third-order valence-electron chi connectivity index (χ3n) is 4.98. The molecule has 6 nitrogen and oxygen atoms in total. The van der Waals surface area contributed by atoms with E-state index in [1.54, 1.807) is 11.8 Å². The van der Waals surface area contributed by atoms with Crippen LogP contribution in [0.1, 0.15) is 36.3 Å². The van der Waals surface area contributed by atoms with Gasteiger partial charge in [-0.2, -0.15) is 0 Å². The van der Waals surface area contributed by atoms with Crippen LogP contribution < -0.4 is 0 Å². The highest BCUT2D eigenvalue weighted by Crippen LogP contribution is 2.29. The normalized spacial score (nSPS) is 20.2. The number of hydrogen-bond donors (Lipinski definition) is 2. The molecule has 1 saturated heterocycles. The second kappa shape index (κ2) is 7.27. The van der Waals surface area contributed by atoms with E-state index in [1.165, 1.54) is 0 Å². The molecule has 1 amide bonds. The van der Waals surface area contributed by atoms with Crippen LogP contribution in [0, 0.1) is 5.92 Å². The summed E-state index contributed by atoms with van der Waals surface area (Å²) >= 11 is 0. The Balaban J connectivity index is 2.00. The third kappa shape index (κ3) is 3.26. The second-order valence-corrected chi connectivity index (χ2v) is 6.52. The Morgan fingerprint density at radius 1 is 1.36 bits per heavy atom. The van der Waals surface area contributed by atoms with E-state index in [0.29, 0.717) is 24.4 Å². The fourth-order valence-electron chi connectivity index (χ4n) is 3.60. The van der Waals surface area contributed by atoms with Crippen molar-refractivity contribution in [2.45, 2.75) is 32.7 Å². The average molecular weight is 344 g/mol. The first kappa shape index (κ1) is 17.5. The molecule has 1 aliphatic rings. The Labute approximate surface area is 146 Å². The van der Waals surface area contributed by atoms with E-state index < -0.39 is 0 Å².